The fraction of sp³-hybridized carbons (Fsp3) is 0.364. The first-order valence-corrected chi connectivity index (χ1v) is 9.48. The molecule has 1 saturated carbocycles. The molecule has 1 aliphatic rings. The zero-order valence-corrected chi connectivity index (χ0v) is 16.5. The number of benzene rings is 2. The van der Waals surface area contributed by atoms with Crippen molar-refractivity contribution in [2.45, 2.75) is 32.6 Å². The van der Waals surface area contributed by atoms with Crippen molar-refractivity contribution in [3.05, 3.63) is 47.5 Å². The summed E-state index contributed by atoms with van der Waals surface area (Å²) in [5.74, 6) is 0.656. The van der Waals surface area contributed by atoms with Crippen LogP contribution in [0.25, 0.3) is 0 Å². The largest absolute Gasteiger partial charge is 0.496 e. The van der Waals surface area contributed by atoms with E-state index in [-0.39, 0.29) is 17.7 Å². The predicted molar refractivity (Wildman–Crippen MR) is 109 cm³/mol. The van der Waals surface area contributed by atoms with Gasteiger partial charge >= 0.3 is 0 Å². The molecule has 2 aromatic carbocycles. The number of carbonyl (C=O) groups is 2. The fourth-order valence-corrected chi connectivity index (χ4v) is 3.59. The second kappa shape index (κ2) is 8.78. The molecule has 2 N–H and O–H groups in total. The Morgan fingerprint density at radius 1 is 0.893 bits per heavy atom. The molecule has 0 radical (unpaired) electrons. The summed E-state index contributed by atoms with van der Waals surface area (Å²) in [5.41, 5.74) is 2.47. The van der Waals surface area contributed by atoms with Gasteiger partial charge in [-0.05, 0) is 49.6 Å². The van der Waals surface area contributed by atoms with E-state index in [0.29, 0.717) is 28.4 Å². The molecule has 3 rings (SSSR count). The van der Waals surface area contributed by atoms with Crippen molar-refractivity contribution >= 4 is 23.2 Å². The smallest absolute Gasteiger partial charge is 0.263 e. The molecule has 148 valence electrons. The van der Waals surface area contributed by atoms with Crippen molar-refractivity contribution in [1.29, 1.82) is 0 Å². The van der Waals surface area contributed by atoms with Gasteiger partial charge in [-0.25, -0.2) is 0 Å². The molecule has 6 nitrogen and oxygen atoms in total. The van der Waals surface area contributed by atoms with Crippen LogP contribution in [0.3, 0.4) is 0 Å². The number of amides is 2. The van der Waals surface area contributed by atoms with Crippen molar-refractivity contribution in [3.63, 3.8) is 0 Å². The van der Waals surface area contributed by atoms with Gasteiger partial charge in [0, 0.05) is 17.3 Å². The van der Waals surface area contributed by atoms with E-state index in [0.717, 1.165) is 31.2 Å². The van der Waals surface area contributed by atoms with Crippen LogP contribution in [0, 0.1) is 12.8 Å². The van der Waals surface area contributed by atoms with Gasteiger partial charge in [0.05, 0.1) is 14.2 Å². The monoisotopic (exact) mass is 382 g/mol. The zero-order chi connectivity index (χ0) is 20.1. The number of rotatable bonds is 6. The molecule has 0 aromatic heterocycles. The van der Waals surface area contributed by atoms with E-state index in [1.165, 1.54) is 14.2 Å². The standard InChI is InChI=1S/C22H26N2O4/c1-14-16(23-21(25)15-8-4-5-9-15)10-6-11-17(14)24-22(26)20-18(27-2)12-7-13-19(20)28-3/h6-7,10-13,15H,4-5,8-9H2,1-3H3,(H,23,25)(H,24,26). The summed E-state index contributed by atoms with van der Waals surface area (Å²) < 4.78 is 10.6. The van der Waals surface area contributed by atoms with E-state index in [9.17, 15) is 9.59 Å². The van der Waals surface area contributed by atoms with Crippen LogP contribution >= 0.6 is 0 Å². The van der Waals surface area contributed by atoms with E-state index in [1.54, 1.807) is 24.3 Å². The molecule has 2 amide bonds. The molecule has 2 aromatic rings. The lowest BCUT2D eigenvalue weighted by molar-refractivity contribution is -0.119. The quantitative estimate of drug-likeness (QED) is 0.777. The van der Waals surface area contributed by atoms with Crippen molar-refractivity contribution in [1.82, 2.24) is 0 Å². The lowest BCUT2D eigenvalue weighted by Gasteiger charge is -2.17. The Labute approximate surface area is 165 Å². The van der Waals surface area contributed by atoms with Crippen LogP contribution in [0.2, 0.25) is 0 Å². The first-order valence-electron chi connectivity index (χ1n) is 9.48. The minimum atomic E-state index is -0.336. The van der Waals surface area contributed by atoms with Crippen molar-refractivity contribution in [3.8, 4) is 11.5 Å². The number of carbonyl (C=O) groups excluding carboxylic acids is 2. The first-order chi connectivity index (χ1) is 13.5. The van der Waals surface area contributed by atoms with Crippen molar-refractivity contribution < 1.29 is 19.1 Å². The molecule has 0 bridgehead atoms. The highest BCUT2D eigenvalue weighted by Crippen LogP contribution is 2.31. The molecule has 1 aliphatic carbocycles. The molecule has 0 aliphatic heterocycles. The minimum absolute atomic E-state index is 0.0514. The maximum atomic E-state index is 12.9. The van der Waals surface area contributed by atoms with Crippen LogP contribution < -0.4 is 20.1 Å². The lowest BCUT2D eigenvalue weighted by atomic mass is 10.1. The Morgan fingerprint density at radius 2 is 1.43 bits per heavy atom. The molecule has 1 fully saturated rings. The Hall–Kier alpha value is -3.02. The summed E-state index contributed by atoms with van der Waals surface area (Å²) in [6.07, 6.45) is 4.09. The van der Waals surface area contributed by atoms with Crippen molar-refractivity contribution in [2.75, 3.05) is 24.9 Å². The molecule has 6 heteroatoms. The van der Waals surface area contributed by atoms with Gasteiger partial charge in [0.1, 0.15) is 17.1 Å². The Balaban J connectivity index is 1.81. The van der Waals surface area contributed by atoms with Gasteiger partial charge in [-0.2, -0.15) is 0 Å². The molecular weight excluding hydrogens is 356 g/mol. The van der Waals surface area contributed by atoms with Crippen LogP contribution in [-0.4, -0.2) is 26.0 Å². The highest BCUT2D eigenvalue weighted by atomic mass is 16.5. The second-order valence-electron chi connectivity index (χ2n) is 6.94. The fourth-order valence-electron chi connectivity index (χ4n) is 3.59. The molecule has 28 heavy (non-hydrogen) atoms. The Bertz CT molecular complexity index is 851. The topological polar surface area (TPSA) is 76.7 Å². The van der Waals surface area contributed by atoms with Gasteiger partial charge < -0.3 is 20.1 Å². The van der Waals surface area contributed by atoms with E-state index >= 15 is 0 Å². The van der Waals surface area contributed by atoms with Gasteiger partial charge in [-0.1, -0.05) is 25.0 Å². The molecular formula is C22H26N2O4. The third-order valence-electron chi connectivity index (χ3n) is 5.22. The van der Waals surface area contributed by atoms with Crippen LogP contribution in [0.5, 0.6) is 11.5 Å². The van der Waals surface area contributed by atoms with Gasteiger partial charge in [-0.3, -0.25) is 9.59 Å². The predicted octanol–water partition coefficient (Wildman–Crippen LogP) is 4.39. The Morgan fingerprint density at radius 3 is 2.00 bits per heavy atom. The first kappa shape index (κ1) is 19.7. The van der Waals surface area contributed by atoms with Crippen LogP contribution in [-0.2, 0) is 4.79 Å². The van der Waals surface area contributed by atoms with E-state index in [4.69, 9.17) is 9.47 Å². The van der Waals surface area contributed by atoms with Crippen LogP contribution in [0.1, 0.15) is 41.6 Å². The van der Waals surface area contributed by atoms with Crippen LogP contribution in [0.4, 0.5) is 11.4 Å². The number of methoxy groups -OCH3 is 2. The maximum absolute atomic E-state index is 12.9. The zero-order valence-electron chi connectivity index (χ0n) is 16.5. The summed E-state index contributed by atoms with van der Waals surface area (Å²) in [4.78, 5) is 25.4. The summed E-state index contributed by atoms with van der Waals surface area (Å²) in [7, 11) is 3.02. The maximum Gasteiger partial charge on any atom is 0.263 e. The minimum Gasteiger partial charge on any atom is -0.496 e. The second-order valence-corrected chi connectivity index (χ2v) is 6.94. The van der Waals surface area contributed by atoms with Gasteiger partial charge in [0.15, 0.2) is 0 Å². The summed E-state index contributed by atoms with van der Waals surface area (Å²) >= 11 is 0. The average molecular weight is 382 g/mol. The number of hydrogen-bond donors (Lipinski definition) is 2. The third-order valence-corrected chi connectivity index (χ3v) is 5.22. The van der Waals surface area contributed by atoms with Gasteiger partial charge in [-0.15, -0.1) is 0 Å². The Kier molecular flexibility index (Phi) is 6.19. The summed E-state index contributed by atoms with van der Waals surface area (Å²) in [6.45, 7) is 1.87. The molecule has 0 spiro atoms. The number of nitrogens with one attached hydrogen (secondary N) is 2. The van der Waals surface area contributed by atoms with E-state index in [2.05, 4.69) is 10.6 Å². The average Bonchev–Trinajstić information content (AvgIpc) is 3.25. The molecule has 0 atom stereocenters. The highest BCUT2D eigenvalue weighted by Gasteiger charge is 2.24. The highest BCUT2D eigenvalue weighted by molar-refractivity contribution is 6.09. The lowest BCUT2D eigenvalue weighted by Crippen LogP contribution is -2.21. The van der Waals surface area contributed by atoms with Crippen molar-refractivity contribution in [2.24, 2.45) is 5.92 Å². The number of anilines is 2. The number of ether oxygens (including phenoxy) is 2. The summed E-state index contributed by atoms with van der Waals surface area (Å²) in [5, 5.41) is 5.92. The SMILES string of the molecule is COc1cccc(OC)c1C(=O)Nc1cccc(NC(=O)C2CCCC2)c1C. The van der Waals surface area contributed by atoms with E-state index in [1.807, 2.05) is 19.1 Å². The van der Waals surface area contributed by atoms with Gasteiger partial charge in [0.2, 0.25) is 5.91 Å². The van der Waals surface area contributed by atoms with Gasteiger partial charge in [0.25, 0.3) is 5.91 Å². The molecule has 0 unspecified atom stereocenters. The van der Waals surface area contributed by atoms with Crippen LogP contribution in [0.15, 0.2) is 36.4 Å². The summed E-state index contributed by atoms with van der Waals surface area (Å²) in [6, 6.07) is 10.7. The van der Waals surface area contributed by atoms with E-state index < -0.39 is 0 Å². The molecule has 0 saturated heterocycles. The third kappa shape index (κ3) is 4.11. The normalized spacial score (nSPS) is 13.8. The number of hydrogen-bond acceptors (Lipinski definition) is 4. The molecule has 0 heterocycles.